The summed E-state index contributed by atoms with van der Waals surface area (Å²) in [6.07, 6.45) is 6.33. The van der Waals surface area contributed by atoms with Crippen molar-refractivity contribution in [1.29, 1.82) is 0 Å². The molecule has 1 heterocycles. The van der Waals surface area contributed by atoms with E-state index in [0.717, 1.165) is 24.2 Å². The second-order valence-corrected chi connectivity index (χ2v) is 7.37. The first kappa shape index (κ1) is 18.7. The van der Waals surface area contributed by atoms with E-state index >= 15 is 0 Å². The van der Waals surface area contributed by atoms with Gasteiger partial charge in [0.25, 0.3) is 0 Å². The standard InChI is InChI=1S/C20H27NO5/c22-18(21-20(13-19(23)24)10-11-25-14-20)9-8-15-4-3-7-17(12-15)26-16-5-1-2-6-16/h3-4,7,12,16H,1-2,5-6,8-11,13-14H2,(H,21,22)(H,23,24). The zero-order chi connectivity index (χ0) is 18.4. The number of aryl methyl sites for hydroxylation is 1. The van der Waals surface area contributed by atoms with Gasteiger partial charge in [-0.2, -0.15) is 0 Å². The first-order chi connectivity index (χ1) is 12.5. The van der Waals surface area contributed by atoms with Crippen LogP contribution in [0, 0.1) is 0 Å². The molecule has 0 aromatic heterocycles. The van der Waals surface area contributed by atoms with Gasteiger partial charge in [-0.1, -0.05) is 12.1 Å². The topological polar surface area (TPSA) is 84.9 Å². The molecular formula is C20H27NO5. The molecule has 1 unspecified atom stereocenters. The van der Waals surface area contributed by atoms with E-state index in [4.69, 9.17) is 14.6 Å². The van der Waals surface area contributed by atoms with Crippen molar-refractivity contribution in [2.75, 3.05) is 13.2 Å². The minimum atomic E-state index is -0.924. The monoisotopic (exact) mass is 361 g/mol. The smallest absolute Gasteiger partial charge is 0.305 e. The van der Waals surface area contributed by atoms with E-state index in [9.17, 15) is 9.59 Å². The Morgan fingerprint density at radius 3 is 2.81 bits per heavy atom. The molecule has 0 spiro atoms. The summed E-state index contributed by atoms with van der Waals surface area (Å²) >= 11 is 0. The molecule has 1 saturated carbocycles. The average Bonchev–Trinajstić information content (AvgIpc) is 3.25. The molecule has 1 aromatic carbocycles. The van der Waals surface area contributed by atoms with Crippen LogP contribution in [0.25, 0.3) is 0 Å². The second kappa shape index (κ2) is 8.54. The molecular weight excluding hydrogens is 334 g/mol. The summed E-state index contributed by atoms with van der Waals surface area (Å²) in [4.78, 5) is 23.4. The van der Waals surface area contributed by atoms with Gasteiger partial charge in [0.05, 0.1) is 24.7 Å². The highest BCUT2D eigenvalue weighted by Crippen LogP contribution is 2.25. The van der Waals surface area contributed by atoms with Gasteiger partial charge in [0.2, 0.25) is 5.91 Å². The highest BCUT2D eigenvalue weighted by atomic mass is 16.5. The third-order valence-electron chi connectivity index (χ3n) is 5.14. The number of aliphatic carboxylic acids is 1. The summed E-state index contributed by atoms with van der Waals surface area (Å²) in [6, 6.07) is 7.89. The molecule has 6 heteroatoms. The summed E-state index contributed by atoms with van der Waals surface area (Å²) in [5, 5.41) is 12.0. The quantitative estimate of drug-likeness (QED) is 0.744. The van der Waals surface area contributed by atoms with E-state index in [1.165, 1.54) is 12.8 Å². The van der Waals surface area contributed by atoms with Crippen LogP contribution in [0.1, 0.15) is 50.5 Å². The van der Waals surface area contributed by atoms with Crippen molar-refractivity contribution >= 4 is 11.9 Å². The van der Waals surface area contributed by atoms with Crippen molar-refractivity contribution in [1.82, 2.24) is 5.32 Å². The Morgan fingerprint density at radius 1 is 1.31 bits per heavy atom. The molecule has 1 aromatic rings. The lowest BCUT2D eigenvalue weighted by Crippen LogP contribution is -2.50. The predicted octanol–water partition coefficient (Wildman–Crippen LogP) is 2.69. The van der Waals surface area contributed by atoms with Crippen LogP contribution in [0.2, 0.25) is 0 Å². The largest absolute Gasteiger partial charge is 0.490 e. The number of ether oxygens (including phenoxy) is 2. The lowest BCUT2D eigenvalue weighted by Gasteiger charge is -2.27. The maximum Gasteiger partial charge on any atom is 0.305 e. The molecule has 2 aliphatic rings. The van der Waals surface area contributed by atoms with Gasteiger partial charge in [0.1, 0.15) is 5.75 Å². The Bertz CT molecular complexity index is 633. The number of carbonyl (C=O) groups is 2. The molecule has 2 N–H and O–H groups in total. The molecule has 6 nitrogen and oxygen atoms in total. The molecule has 1 aliphatic heterocycles. The maximum absolute atomic E-state index is 12.3. The average molecular weight is 361 g/mol. The van der Waals surface area contributed by atoms with Crippen LogP contribution >= 0.6 is 0 Å². The van der Waals surface area contributed by atoms with E-state index in [0.29, 0.717) is 32.0 Å². The number of hydrogen-bond donors (Lipinski definition) is 2. The normalized spacial score (nSPS) is 23.1. The molecule has 2 fully saturated rings. The van der Waals surface area contributed by atoms with Crippen molar-refractivity contribution in [2.45, 2.75) is 63.0 Å². The molecule has 142 valence electrons. The zero-order valence-electron chi connectivity index (χ0n) is 15.0. The van der Waals surface area contributed by atoms with Gasteiger partial charge < -0.3 is 19.9 Å². The molecule has 1 atom stereocenters. The number of carboxylic acids is 1. The minimum Gasteiger partial charge on any atom is -0.490 e. The summed E-state index contributed by atoms with van der Waals surface area (Å²) < 4.78 is 11.3. The molecule has 0 bridgehead atoms. The van der Waals surface area contributed by atoms with E-state index in [1.807, 2.05) is 24.3 Å². The molecule has 1 saturated heterocycles. The maximum atomic E-state index is 12.3. The van der Waals surface area contributed by atoms with Gasteiger partial charge in [-0.25, -0.2) is 0 Å². The number of nitrogens with one attached hydrogen (secondary N) is 1. The van der Waals surface area contributed by atoms with Crippen LogP contribution in [0.5, 0.6) is 5.75 Å². The Morgan fingerprint density at radius 2 is 2.12 bits per heavy atom. The van der Waals surface area contributed by atoms with Crippen molar-refractivity contribution in [3.8, 4) is 5.75 Å². The van der Waals surface area contributed by atoms with Gasteiger partial charge >= 0.3 is 5.97 Å². The lowest BCUT2D eigenvalue weighted by atomic mass is 9.94. The van der Waals surface area contributed by atoms with Gasteiger partial charge in [-0.15, -0.1) is 0 Å². The van der Waals surface area contributed by atoms with Crippen LogP contribution in [0.4, 0.5) is 0 Å². The van der Waals surface area contributed by atoms with Crippen molar-refractivity contribution < 1.29 is 24.2 Å². The molecule has 26 heavy (non-hydrogen) atoms. The number of hydrogen-bond acceptors (Lipinski definition) is 4. The Kier molecular flexibility index (Phi) is 6.14. The third-order valence-corrected chi connectivity index (χ3v) is 5.14. The van der Waals surface area contributed by atoms with Gasteiger partial charge in [-0.05, 0) is 56.2 Å². The minimum absolute atomic E-state index is 0.108. The van der Waals surface area contributed by atoms with Crippen LogP contribution < -0.4 is 10.1 Å². The first-order valence-electron chi connectivity index (χ1n) is 9.41. The first-order valence-corrected chi connectivity index (χ1v) is 9.41. The van der Waals surface area contributed by atoms with E-state index in [1.54, 1.807) is 0 Å². The Balaban J connectivity index is 1.51. The van der Waals surface area contributed by atoms with Crippen LogP contribution in [0.3, 0.4) is 0 Å². The van der Waals surface area contributed by atoms with Crippen LogP contribution in [-0.4, -0.2) is 41.8 Å². The number of amides is 1. The summed E-state index contributed by atoms with van der Waals surface area (Å²) in [7, 11) is 0. The molecule has 1 amide bonds. The Hall–Kier alpha value is -2.08. The zero-order valence-corrected chi connectivity index (χ0v) is 15.0. The number of rotatable bonds is 8. The highest BCUT2D eigenvalue weighted by molar-refractivity contribution is 5.78. The van der Waals surface area contributed by atoms with Gasteiger partial charge in [-0.3, -0.25) is 9.59 Å². The molecule has 1 aliphatic carbocycles. The molecule has 3 rings (SSSR count). The van der Waals surface area contributed by atoms with Gasteiger partial charge in [0.15, 0.2) is 0 Å². The number of benzene rings is 1. The molecule has 0 radical (unpaired) electrons. The summed E-state index contributed by atoms with van der Waals surface area (Å²) in [5.74, 6) is -0.201. The summed E-state index contributed by atoms with van der Waals surface area (Å²) in [5.41, 5.74) is 0.279. The predicted molar refractivity (Wildman–Crippen MR) is 96.2 cm³/mol. The van der Waals surface area contributed by atoms with Gasteiger partial charge in [0, 0.05) is 13.0 Å². The van der Waals surface area contributed by atoms with E-state index < -0.39 is 11.5 Å². The van der Waals surface area contributed by atoms with Crippen molar-refractivity contribution in [3.05, 3.63) is 29.8 Å². The number of carbonyl (C=O) groups excluding carboxylic acids is 1. The second-order valence-electron chi connectivity index (χ2n) is 7.37. The fourth-order valence-electron chi connectivity index (χ4n) is 3.77. The third kappa shape index (κ3) is 5.21. The lowest BCUT2D eigenvalue weighted by molar-refractivity contribution is -0.139. The summed E-state index contributed by atoms with van der Waals surface area (Å²) in [6.45, 7) is 0.740. The van der Waals surface area contributed by atoms with Crippen LogP contribution in [-0.2, 0) is 20.7 Å². The Labute approximate surface area is 153 Å². The van der Waals surface area contributed by atoms with Crippen molar-refractivity contribution in [3.63, 3.8) is 0 Å². The fraction of sp³-hybridized carbons (Fsp3) is 0.600. The SMILES string of the molecule is O=C(O)CC1(NC(=O)CCc2cccc(OC3CCCC3)c2)CCOC1. The van der Waals surface area contributed by atoms with E-state index in [2.05, 4.69) is 5.32 Å². The van der Waals surface area contributed by atoms with Crippen molar-refractivity contribution in [2.24, 2.45) is 0 Å². The van der Waals surface area contributed by atoms with E-state index in [-0.39, 0.29) is 18.9 Å². The number of carboxylic acid groups (broad SMARTS) is 1. The highest BCUT2D eigenvalue weighted by Gasteiger charge is 2.38. The fourth-order valence-corrected chi connectivity index (χ4v) is 3.77. The van der Waals surface area contributed by atoms with Crippen LogP contribution in [0.15, 0.2) is 24.3 Å².